The monoisotopic (exact) mass is 264 g/mol. The summed E-state index contributed by atoms with van der Waals surface area (Å²) in [5.41, 5.74) is 1.93. The minimum atomic E-state index is -0.109. The van der Waals surface area contributed by atoms with Gasteiger partial charge in [-0.1, -0.05) is 26.8 Å². The molecular weight excluding hydrogens is 239 g/mol. The van der Waals surface area contributed by atoms with Gasteiger partial charge in [-0.05, 0) is 43.0 Å². The highest BCUT2D eigenvalue weighted by Gasteiger charge is 2.28. The minimum Gasteiger partial charge on any atom is -0.370 e. The second-order valence-electron chi connectivity index (χ2n) is 6.61. The summed E-state index contributed by atoms with van der Waals surface area (Å²) in [5.74, 6) is -0.109. The maximum Gasteiger partial charge on any atom is 0.128 e. The van der Waals surface area contributed by atoms with Crippen molar-refractivity contribution < 1.29 is 4.39 Å². The van der Waals surface area contributed by atoms with Gasteiger partial charge in [-0.3, -0.25) is 0 Å². The molecule has 1 heterocycles. The topological polar surface area (TPSA) is 15.3 Å². The minimum absolute atomic E-state index is 0.109. The lowest BCUT2D eigenvalue weighted by molar-refractivity contribution is 0.280. The van der Waals surface area contributed by atoms with Crippen molar-refractivity contribution in [1.29, 1.82) is 0 Å². The first-order valence-corrected chi connectivity index (χ1v) is 7.12. The molecule has 106 valence electrons. The van der Waals surface area contributed by atoms with E-state index in [0.29, 0.717) is 11.6 Å². The molecule has 19 heavy (non-hydrogen) atoms. The molecule has 0 radical (unpaired) electrons. The Morgan fingerprint density at radius 3 is 2.68 bits per heavy atom. The molecule has 1 aromatic rings. The van der Waals surface area contributed by atoms with Crippen molar-refractivity contribution in [3.63, 3.8) is 0 Å². The summed E-state index contributed by atoms with van der Waals surface area (Å²) in [4.78, 5) is 2.30. The molecule has 1 fully saturated rings. The SMILES string of the molecule is Cc1ccc(N2CCCNC(C(C)(C)C)C2)cc1F. The van der Waals surface area contributed by atoms with Crippen molar-refractivity contribution in [1.82, 2.24) is 5.32 Å². The van der Waals surface area contributed by atoms with Gasteiger partial charge in [-0.2, -0.15) is 0 Å². The number of hydrogen-bond acceptors (Lipinski definition) is 2. The van der Waals surface area contributed by atoms with Gasteiger partial charge in [-0.25, -0.2) is 4.39 Å². The van der Waals surface area contributed by atoms with E-state index in [2.05, 4.69) is 31.0 Å². The van der Waals surface area contributed by atoms with Crippen LogP contribution in [0.3, 0.4) is 0 Å². The molecular formula is C16H25FN2. The molecule has 1 aliphatic rings. The summed E-state index contributed by atoms with van der Waals surface area (Å²) in [5, 5.41) is 3.61. The molecule has 1 aromatic carbocycles. The lowest BCUT2D eigenvalue weighted by Gasteiger charge is -2.34. The van der Waals surface area contributed by atoms with Crippen molar-refractivity contribution in [2.45, 2.75) is 40.2 Å². The summed E-state index contributed by atoms with van der Waals surface area (Å²) >= 11 is 0. The predicted octanol–water partition coefficient (Wildman–Crippen LogP) is 3.35. The average Bonchev–Trinajstić information content (AvgIpc) is 2.58. The molecule has 1 unspecified atom stereocenters. The van der Waals surface area contributed by atoms with Crippen molar-refractivity contribution in [2.24, 2.45) is 5.41 Å². The van der Waals surface area contributed by atoms with E-state index in [0.717, 1.165) is 31.7 Å². The van der Waals surface area contributed by atoms with E-state index in [1.54, 1.807) is 13.0 Å². The van der Waals surface area contributed by atoms with Crippen molar-refractivity contribution in [3.05, 3.63) is 29.6 Å². The molecule has 2 nitrogen and oxygen atoms in total. The Labute approximate surface area is 116 Å². The number of anilines is 1. The highest BCUT2D eigenvalue weighted by atomic mass is 19.1. The average molecular weight is 264 g/mol. The number of nitrogens with one attached hydrogen (secondary N) is 1. The van der Waals surface area contributed by atoms with Gasteiger partial charge in [-0.15, -0.1) is 0 Å². The number of halogens is 1. The van der Waals surface area contributed by atoms with Gasteiger partial charge >= 0.3 is 0 Å². The molecule has 2 rings (SSSR count). The lowest BCUT2D eigenvalue weighted by Crippen LogP contribution is -2.46. The molecule has 0 amide bonds. The van der Waals surface area contributed by atoms with Crippen molar-refractivity contribution in [3.8, 4) is 0 Å². The first-order valence-electron chi connectivity index (χ1n) is 7.12. The van der Waals surface area contributed by atoms with Crippen molar-refractivity contribution >= 4 is 5.69 Å². The maximum absolute atomic E-state index is 13.7. The van der Waals surface area contributed by atoms with Crippen LogP contribution < -0.4 is 10.2 Å². The Morgan fingerprint density at radius 1 is 1.32 bits per heavy atom. The van der Waals surface area contributed by atoms with Crippen LogP contribution in [0.25, 0.3) is 0 Å². The lowest BCUT2D eigenvalue weighted by atomic mass is 9.86. The zero-order valence-corrected chi connectivity index (χ0v) is 12.5. The summed E-state index contributed by atoms with van der Waals surface area (Å²) in [6.45, 7) is 11.5. The van der Waals surface area contributed by atoms with Crippen LogP contribution >= 0.6 is 0 Å². The number of aryl methyl sites for hydroxylation is 1. The quantitative estimate of drug-likeness (QED) is 0.837. The van der Waals surface area contributed by atoms with Gasteiger partial charge in [0.15, 0.2) is 0 Å². The summed E-state index contributed by atoms with van der Waals surface area (Å²) in [6, 6.07) is 6.00. The third-order valence-corrected chi connectivity index (χ3v) is 3.96. The standard InChI is InChI=1S/C16H25FN2/c1-12-6-7-13(10-14(12)17)19-9-5-8-18-15(11-19)16(2,3)4/h6-7,10,15,18H,5,8-9,11H2,1-4H3. The van der Waals surface area contributed by atoms with E-state index in [-0.39, 0.29) is 11.2 Å². The second kappa shape index (κ2) is 5.49. The van der Waals surface area contributed by atoms with Gasteiger partial charge in [0.2, 0.25) is 0 Å². The van der Waals surface area contributed by atoms with Gasteiger partial charge in [0, 0.05) is 24.8 Å². The Morgan fingerprint density at radius 2 is 2.05 bits per heavy atom. The zero-order chi connectivity index (χ0) is 14.0. The highest BCUT2D eigenvalue weighted by Crippen LogP contribution is 2.25. The molecule has 0 bridgehead atoms. The first-order chi connectivity index (χ1) is 8.88. The van der Waals surface area contributed by atoms with E-state index >= 15 is 0 Å². The summed E-state index contributed by atoms with van der Waals surface area (Å²) in [6.07, 6.45) is 1.10. The molecule has 1 N–H and O–H groups in total. The Kier molecular flexibility index (Phi) is 4.14. The zero-order valence-electron chi connectivity index (χ0n) is 12.5. The number of rotatable bonds is 1. The molecule has 1 saturated heterocycles. The first kappa shape index (κ1) is 14.3. The largest absolute Gasteiger partial charge is 0.370 e. The number of hydrogen-bond donors (Lipinski definition) is 1. The van der Waals surface area contributed by atoms with Crippen LogP contribution in [-0.2, 0) is 0 Å². The van der Waals surface area contributed by atoms with Gasteiger partial charge < -0.3 is 10.2 Å². The van der Waals surface area contributed by atoms with Crippen LogP contribution in [0.15, 0.2) is 18.2 Å². The second-order valence-corrected chi connectivity index (χ2v) is 6.61. The summed E-state index contributed by atoms with van der Waals surface area (Å²) in [7, 11) is 0. The third kappa shape index (κ3) is 3.47. The molecule has 0 spiro atoms. The highest BCUT2D eigenvalue weighted by molar-refractivity contribution is 5.48. The normalized spacial score (nSPS) is 21.3. The van der Waals surface area contributed by atoms with Crippen LogP contribution in [0.1, 0.15) is 32.8 Å². The fourth-order valence-corrected chi connectivity index (χ4v) is 2.52. The smallest absolute Gasteiger partial charge is 0.128 e. The molecule has 1 aliphatic heterocycles. The number of benzene rings is 1. The van der Waals surface area contributed by atoms with Crippen molar-refractivity contribution in [2.75, 3.05) is 24.5 Å². The Hall–Kier alpha value is -1.09. The van der Waals surface area contributed by atoms with E-state index in [9.17, 15) is 4.39 Å². The Balaban J connectivity index is 2.20. The predicted molar refractivity (Wildman–Crippen MR) is 79.2 cm³/mol. The van der Waals surface area contributed by atoms with Gasteiger partial charge in [0.25, 0.3) is 0 Å². The van der Waals surface area contributed by atoms with E-state index < -0.39 is 0 Å². The van der Waals surface area contributed by atoms with Crippen LogP contribution in [0.5, 0.6) is 0 Å². The van der Waals surface area contributed by atoms with Crippen LogP contribution in [0, 0.1) is 18.2 Å². The Bertz CT molecular complexity index is 437. The third-order valence-electron chi connectivity index (χ3n) is 3.96. The van der Waals surface area contributed by atoms with Crippen LogP contribution in [0.2, 0.25) is 0 Å². The van der Waals surface area contributed by atoms with E-state index in [1.165, 1.54) is 0 Å². The van der Waals surface area contributed by atoms with Crippen LogP contribution in [0.4, 0.5) is 10.1 Å². The molecule has 1 atom stereocenters. The van der Waals surface area contributed by atoms with E-state index in [1.807, 2.05) is 12.1 Å². The van der Waals surface area contributed by atoms with Gasteiger partial charge in [0.05, 0.1) is 0 Å². The maximum atomic E-state index is 13.7. The molecule has 0 aliphatic carbocycles. The fourth-order valence-electron chi connectivity index (χ4n) is 2.52. The molecule has 3 heteroatoms. The van der Waals surface area contributed by atoms with E-state index in [4.69, 9.17) is 0 Å². The van der Waals surface area contributed by atoms with Crippen LogP contribution in [-0.4, -0.2) is 25.7 Å². The molecule has 0 aromatic heterocycles. The molecule has 0 saturated carbocycles. The fraction of sp³-hybridized carbons (Fsp3) is 0.625. The summed E-state index contributed by atoms with van der Waals surface area (Å²) < 4.78 is 13.7. The van der Waals surface area contributed by atoms with Gasteiger partial charge in [0.1, 0.15) is 5.82 Å². The number of nitrogens with zero attached hydrogens (tertiary/aromatic N) is 1.